The highest BCUT2D eigenvalue weighted by atomic mass is 16.6. The maximum Gasteiger partial charge on any atom is 0.308 e. The summed E-state index contributed by atoms with van der Waals surface area (Å²) in [5.41, 5.74) is 6.84. The van der Waals surface area contributed by atoms with Gasteiger partial charge in [-0.2, -0.15) is 0 Å². The quantitative estimate of drug-likeness (QED) is 0.492. The van der Waals surface area contributed by atoms with Gasteiger partial charge in [0.2, 0.25) is 6.29 Å². The minimum absolute atomic E-state index is 0.0382. The van der Waals surface area contributed by atoms with Gasteiger partial charge in [0.15, 0.2) is 0 Å². The molecule has 0 aliphatic carbocycles. The van der Waals surface area contributed by atoms with Crippen molar-refractivity contribution in [1.82, 2.24) is 16.0 Å². The number of methoxy groups -OCH3 is 1. The van der Waals surface area contributed by atoms with Gasteiger partial charge >= 0.3 is 5.91 Å². The van der Waals surface area contributed by atoms with Crippen LogP contribution in [-0.4, -0.2) is 35.6 Å². The number of aliphatic hydroxyl groups excluding tert-OH is 1. The zero-order valence-corrected chi connectivity index (χ0v) is 11.5. The molecule has 1 unspecified atom stereocenters. The molecule has 6 nitrogen and oxygen atoms in total. The highest BCUT2D eigenvalue weighted by Crippen LogP contribution is 1.99. The molecule has 0 saturated carbocycles. The standard InChI is InChI=1S/C13H21N3O3/c1-10(2)15-16(12(17)13(18)19-3)14-9-11-7-5-4-6-8-11/h4-8,10,13-15,18H,9H2,1-3H3. The third-order valence-electron chi connectivity index (χ3n) is 2.33. The molecule has 1 aromatic carbocycles. The summed E-state index contributed by atoms with van der Waals surface area (Å²) in [5, 5.41) is 10.6. The van der Waals surface area contributed by atoms with E-state index < -0.39 is 12.2 Å². The van der Waals surface area contributed by atoms with E-state index in [1.807, 2.05) is 44.2 Å². The SMILES string of the molecule is COC(O)C(=O)N(NCc1ccccc1)NC(C)C. The second kappa shape index (κ2) is 7.85. The predicted molar refractivity (Wildman–Crippen MR) is 71.4 cm³/mol. The number of rotatable bonds is 7. The Labute approximate surface area is 113 Å². The predicted octanol–water partition coefficient (Wildman–Crippen LogP) is 0.398. The second-order valence-corrected chi connectivity index (χ2v) is 4.37. The van der Waals surface area contributed by atoms with Crippen LogP contribution in [0.5, 0.6) is 0 Å². The van der Waals surface area contributed by atoms with Gasteiger partial charge < -0.3 is 9.84 Å². The lowest BCUT2D eigenvalue weighted by Gasteiger charge is -2.27. The highest BCUT2D eigenvalue weighted by Gasteiger charge is 2.22. The maximum atomic E-state index is 11.9. The summed E-state index contributed by atoms with van der Waals surface area (Å²) < 4.78 is 4.61. The van der Waals surface area contributed by atoms with E-state index in [-0.39, 0.29) is 6.04 Å². The van der Waals surface area contributed by atoms with Crippen molar-refractivity contribution in [1.29, 1.82) is 0 Å². The van der Waals surface area contributed by atoms with E-state index in [2.05, 4.69) is 15.6 Å². The number of amides is 1. The van der Waals surface area contributed by atoms with Crippen molar-refractivity contribution in [2.24, 2.45) is 0 Å². The first-order valence-corrected chi connectivity index (χ1v) is 6.13. The number of nitrogens with zero attached hydrogens (tertiary/aromatic N) is 1. The molecule has 1 atom stereocenters. The number of carbonyl (C=O) groups is 1. The van der Waals surface area contributed by atoms with Gasteiger partial charge in [0.05, 0.1) is 0 Å². The molecular formula is C13H21N3O3. The molecule has 6 heteroatoms. The van der Waals surface area contributed by atoms with E-state index in [1.165, 1.54) is 7.11 Å². The smallest absolute Gasteiger partial charge is 0.308 e. The molecule has 0 spiro atoms. The zero-order valence-electron chi connectivity index (χ0n) is 11.5. The van der Waals surface area contributed by atoms with E-state index in [9.17, 15) is 9.90 Å². The number of nitrogens with one attached hydrogen (secondary N) is 2. The van der Waals surface area contributed by atoms with Crippen LogP contribution < -0.4 is 10.9 Å². The highest BCUT2D eigenvalue weighted by molar-refractivity contribution is 5.78. The van der Waals surface area contributed by atoms with Crippen LogP contribution in [0.25, 0.3) is 0 Å². The number of carbonyl (C=O) groups excluding carboxylic acids is 1. The van der Waals surface area contributed by atoms with Gasteiger partial charge in [0, 0.05) is 19.7 Å². The maximum absolute atomic E-state index is 11.9. The molecule has 1 rings (SSSR count). The van der Waals surface area contributed by atoms with Gasteiger partial charge in [-0.05, 0) is 19.4 Å². The number of benzene rings is 1. The zero-order chi connectivity index (χ0) is 14.3. The average Bonchev–Trinajstić information content (AvgIpc) is 2.42. The summed E-state index contributed by atoms with van der Waals surface area (Å²) >= 11 is 0. The Morgan fingerprint density at radius 3 is 2.53 bits per heavy atom. The van der Waals surface area contributed by atoms with E-state index >= 15 is 0 Å². The number of ether oxygens (including phenoxy) is 1. The Morgan fingerprint density at radius 1 is 1.37 bits per heavy atom. The van der Waals surface area contributed by atoms with Crippen LogP contribution in [0.15, 0.2) is 30.3 Å². The molecule has 0 bridgehead atoms. The molecule has 0 radical (unpaired) electrons. The molecule has 1 amide bonds. The van der Waals surface area contributed by atoms with E-state index in [0.29, 0.717) is 6.54 Å². The molecular weight excluding hydrogens is 246 g/mol. The van der Waals surface area contributed by atoms with Crippen molar-refractivity contribution in [3.63, 3.8) is 0 Å². The first-order chi connectivity index (χ1) is 9.04. The lowest BCUT2D eigenvalue weighted by atomic mass is 10.2. The average molecular weight is 267 g/mol. The lowest BCUT2D eigenvalue weighted by molar-refractivity contribution is -0.172. The first-order valence-electron chi connectivity index (χ1n) is 6.13. The third kappa shape index (κ3) is 5.35. The lowest BCUT2D eigenvalue weighted by Crippen LogP contribution is -2.57. The Kier molecular flexibility index (Phi) is 6.44. The van der Waals surface area contributed by atoms with Crippen LogP contribution in [0.4, 0.5) is 0 Å². The van der Waals surface area contributed by atoms with Crippen molar-refractivity contribution in [3.8, 4) is 0 Å². The minimum atomic E-state index is -1.49. The summed E-state index contributed by atoms with van der Waals surface area (Å²) in [7, 11) is 1.27. The van der Waals surface area contributed by atoms with Crippen LogP contribution in [0, 0.1) is 0 Å². The molecule has 0 saturated heterocycles. The first kappa shape index (κ1) is 15.6. The molecule has 1 aromatic rings. The van der Waals surface area contributed by atoms with Crippen LogP contribution in [0.2, 0.25) is 0 Å². The number of hydrazine groups is 2. The normalized spacial score (nSPS) is 12.5. The molecule has 0 aliphatic rings. The van der Waals surface area contributed by atoms with E-state index in [4.69, 9.17) is 0 Å². The fourth-order valence-corrected chi connectivity index (χ4v) is 1.42. The van der Waals surface area contributed by atoms with Crippen molar-refractivity contribution >= 4 is 5.91 Å². The molecule has 0 fully saturated rings. The summed E-state index contributed by atoms with van der Waals surface area (Å²) in [4.78, 5) is 11.9. The number of hydrogen-bond acceptors (Lipinski definition) is 5. The summed E-state index contributed by atoms with van der Waals surface area (Å²) in [6.45, 7) is 4.25. The van der Waals surface area contributed by atoms with Crippen LogP contribution in [-0.2, 0) is 16.1 Å². The van der Waals surface area contributed by atoms with Gasteiger partial charge in [-0.3, -0.25) is 4.79 Å². The van der Waals surface area contributed by atoms with Gasteiger partial charge in [-0.25, -0.2) is 16.0 Å². The van der Waals surface area contributed by atoms with Gasteiger partial charge in [0.1, 0.15) is 0 Å². The summed E-state index contributed by atoms with van der Waals surface area (Å²) in [6, 6.07) is 9.69. The van der Waals surface area contributed by atoms with Gasteiger partial charge in [-0.1, -0.05) is 30.3 Å². The Balaban J connectivity index is 2.62. The largest absolute Gasteiger partial charge is 0.360 e. The van der Waals surface area contributed by atoms with Gasteiger partial charge in [0.25, 0.3) is 0 Å². The fraction of sp³-hybridized carbons (Fsp3) is 0.462. The van der Waals surface area contributed by atoms with E-state index in [1.54, 1.807) is 0 Å². The molecule has 106 valence electrons. The van der Waals surface area contributed by atoms with Crippen molar-refractivity contribution in [3.05, 3.63) is 35.9 Å². The summed E-state index contributed by atoms with van der Waals surface area (Å²) in [6.07, 6.45) is -1.49. The van der Waals surface area contributed by atoms with Crippen molar-refractivity contribution in [2.45, 2.75) is 32.7 Å². The Bertz CT molecular complexity index is 384. The topological polar surface area (TPSA) is 73.8 Å². The second-order valence-electron chi connectivity index (χ2n) is 4.37. The Hall–Kier alpha value is -1.47. The minimum Gasteiger partial charge on any atom is -0.360 e. The summed E-state index contributed by atoms with van der Waals surface area (Å²) in [5.74, 6) is -0.591. The van der Waals surface area contributed by atoms with E-state index in [0.717, 1.165) is 10.7 Å². The number of hydrogen-bond donors (Lipinski definition) is 3. The molecule has 19 heavy (non-hydrogen) atoms. The third-order valence-corrected chi connectivity index (χ3v) is 2.33. The van der Waals surface area contributed by atoms with Crippen LogP contribution >= 0.6 is 0 Å². The molecule has 0 heterocycles. The monoisotopic (exact) mass is 267 g/mol. The molecule has 3 N–H and O–H groups in total. The van der Waals surface area contributed by atoms with Gasteiger partial charge in [-0.15, -0.1) is 0 Å². The molecule has 0 aromatic heterocycles. The number of aliphatic hydroxyl groups is 1. The van der Waals surface area contributed by atoms with Crippen molar-refractivity contribution < 1.29 is 14.6 Å². The van der Waals surface area contributed by atoms with Crippen LogP contribution in [0.1, 0.15) is 19.4 Å². The Morgan fingerprint density at radius 2 is 2.00 bits per heavy atom. The van der Waals surface area contributed by atoms with Crippen molar-refractivity contribution in [2.75, 3.05) is 7.11 Å². The molecule has 0 aliphatic heterocycles. The fourth-order valence-electron chi connectivity index (χ4n) is 1.42. The van der Waals surface area contributed by atoms with Crippen LogP contribution in [0.3, 0.4) is 0 Å².